The topological polar surface area (TPSA) is 61.4 Å². The van der Waals surface area contributed by atoms with Crippen LogP contribution in [-0.4, -0.2) is 36.8 Å². The second-order valence-electron chi connectivity index (χ2n) is 4.37. The number of aliphatic hydroxyl groups excluding tert-OH is 1. The van der Waals surface area contributed by atoms with Crippen molar-refractivity contribution >= 4 is 5.91 Å². The molecule has 0 bridgehead atoms. The van der Waals surface area contributed by atoms with Crippen molar-refractivity contribution in [1.29, 1.82) is 0 Å². The zero-order valence-corrected chi connectivity index (χ0v) is 8.97. The molecule has 1 aliphatic heterocycles. The van der Waals surface area contributed by atoms with Crippen molar-refractivity contribution in [1.82, 2.24) is 10.6 Å². The second-order valence-corrected chi connectivity index (χ2v) is 4.37. The number of carbonyl (C=O) groups excluding carboxylic acids is 1. The molecule has 1 saturated heterocycles. The number of rotatable bonds is 3. The van der Waals surface area contributed by atoms with Gasteiger partial charge >= 0.3 is 0 Å². The molecular formula is C10H20N2O2. The molecule has 3 N–H and O–H groups in total. The third-order valence-corrected chi connectivity index (χ3v) is 2.91. The van der Waals surface area contributed by atoms with Crippen molar-refractivity contribution in [2.24, 2.45) is 5.41 Å². The number of hydrogen-bond acceptors (Lipinski definition) is 3. The van der Waals surface area contributed by atoms with Gasteiger partial charge in [0.25, 0.3) is 0 Å². The highest BCUT2D eigenvalue weighted by Gasteiger charge is 2.34. The van der Waals surface area contributed by atoms with Crippen molar-refractivity contribution in [2.75, 3.05) is 19.7 Å². The Morgan fingerprint density at radius 2 is 2.14 bits per heavy atom. The van der Waals surface area contributed by atoms with E-state index in [2.05, 4.69) is 10.6 Å². The molecule has 4 nitrogen and oxygen atoms in total. The molecule has 0 aromatic heterocycles. The van der Waals surface area contributed by atoms with E-state index >= 15 is 0 Å². The van der Waals surface area contributed by atoms with E-state index in [0.717, 1.165) is 25.9 Å². The quantitative estimate of drug-likeness (QED) is 0.595. The summed E-state index contributed by atoms with van der Waals surface area (Å²) in [5.74, 6) is 0.0700. The number of aliphatic hydroxyl groups is 1. The summed E-state index contributed by atoms with van der Waals surface area (Å²) in [5.41, 5.74) is -0.255. The van der Waals surface area contributed by atoms with Crippen LogP contribution in [-0.2, 0) is 4.79 Å². The smallest absolute Gasteiger partial charge is 0.226 e. The molecule has 0 aromatic carbocycles. The van der Waals surface area contributed by atoms with E-state index in [-0.39, 0.29) is 24.0 Å². The highest BCUT2D eigenvalue weighted by atomic mass is 16.3. The predicted octanol–water partition coefficient (Wildman–Crippen LogP) is -0.127. The first-order valence-corrected chi connectivity index (χ1v) is 5.21. The van der Waals surface area contributed by atoms with Crippen LogP contribution in [0.5, 0.6) is 0 Å². The third-order valence-electron chi connectivity index (χ3n) is 2.91. The van der Waals surface area contributed by atoms with Crippen LogP contribution < -0.4 is 10.6 Å². The number of carbonyl (C=O) groups is 1. The average molecular weight is 200 g/mol. The van der Waals surface area contributed by atoms with Gasteiger partial charge in [0.2, 0.25) is 5.91 Å². The Labute approximate surface area is 85.1 Å². The Kier molecular flexibility index (Phi) is 3.89. The van der Waals surface area contributed by atoms with Crippen molar-refractivity contribution in [3.05, 3.63) is 0 Å². The van der Waals surface area contributed by atoms with Gasteiger partial charge in [-0.25, -0.2) is 0 Å². The zero-order chi connectivity index (χ0) is 10.6. The average Bonchev–Trinajstić information content (AvgIpc) is 2.18. The lowest BCUT2D eigenvalue weighted by atomic mass is 9.80. The molecule has 1 rings (SSSR count). The molecule has 0 radical (unpaired) electrons. The Hall–Kier alpha value is -0.610. The Morgan fingerprint density at radius 1 is 1.57 bits per heavy atom. The first-order chi connectivity index (χ1) is 6.58. The van der Waals surface area contributed by atoms with E-state index < -0.39 is 0 Å². The molecule has 1 aliphatic rings. The predicted molar refractivity (Wildman–Crippen MR) is 54.9 cm³/mol. The van der Waals surface area contributed by atoms with Crippen LogP contribution >= 0.6 is 0 Å². The van der Waals surface area contributed by atoms with Crippen LogP contribution in [0, 0.1) is 5.41 Å². The largest absolute Gasteiger partial charge is 0.394 e. The molecule has 1 atom stereocenters. The summed E-state index contributed by atoms with van der Waals surface area (Å²) < 4.78 is 0. The van der Waals surface area contributed by atoms with Gasteiger partial charge in [-0.2, -0.15) is 0 Å². The fraction of sp³-hybridized carbons (Fsp3) is 0.900. The van der Waals surface area contributed by atoms with E-state index in [9.17, 15) is 4.79 Å². The molecule has 1 fully saturated rings. The number of nitrogens with one attached hydrogen (secondary N) is 2. The summed E-state index contributed by atoms with van der Waals surface area (Å²) in [5, 5.41) is 14.9. The van der Waals surface area contributed by atoms with E-state index in [0.29, 0.717) is 0 Å². The van der Waals surface area contributed by atoms with E-state index in [1.165, 1.54) is 0 Å². The molecule has 0 aliphatic carbocycles. The van der Waals surface area contributed by atoms with Gasteiger partial charge in [-0.05, 0) is 32.9 Å². The van der Waals surface area contributed by atoms with Crippen LogP contribution in [0.2, 0.25) is 0 Å². The van der Waals surface area contributed by atoms with Crippen LogP contribution in [0.3, 0.4) is 0 Å². The van der Waals surface area contributed by atoms with E-state index in [1.54, 1.807) is 0 Å². The van der Waals surface area contributed by atoms with Gasteiger partial charge in [-0.15, -0.1) is 0 Å². The molecule has 82 valence electrons. The van der Waals surface area contributed by atoms with Crippen molar-refractivity contribution in [3.8, 4) is 0 Å². The lowest BCUT2D eigenvalue weighted by Gasteiger charge is -2.33. The van der Waals surface area contributed by atoms with Crippen molar-refractivity contribution in [2.45, 2.75) is 32.7 Å². The minimum atomic E-state index is -0.255. The van der Waals surface area contributed by atoms with Gasteiger partial charge in [0.05, 0.1) is 6.61 Å². The molecule has 14 heavy (non-hydrogen) atoms. The lowest BCUT2D eigenvalue weighted by Crippen LogP contribution is -2.48. The summed E-state index contributed by atoms with van der Waals surface area (Å²) in [7, 11) is 0. The summed E-state index contributed by atoms with van der Waals surface area (Å²) in [6.07, 6.45) is 1.74. The normalized spacial score (nSPS) is 22.8. The van der Waals surface area contributed by atoms with Crippen LogP contribution in [0.15, 0.2) is 0 Å². The molecule has 1 heterocycles. The SMILES string of the molecule is C[C@@H](CO)NC(=O)C1(C)CCNCC1. The first kappa shape index (κ1) is 11.5. The zero-order valence-electron chi connectivity index (χ0n) is 8.97. The second kappa shape index (κ2) is 4.75. The van der Waals surface area contributed by atoms with Gasteiger partial charge in [-0.1, -0.05) is 6.92 Å². The minimum Gasteiger partial charge on any atom is -0.394 e. The highest BCUT2D eigenvalue weighted by molar-refractivity contribution is 5.82. The Bertz CT molecular complexity index is 200. The lowest BCUT2D eigenvalue weighted by molar-refractivity contribution is -0.132. The summed E-state index contributed by atoms with van der Waals surface area (Å²) in [4.78, 5) is 11.8. The van der Waals surface area contributed by atoms with E-state index in [1.807, 2.05) is 13.8 Å². The standard InChI is InChI=1S/C10H20N2O2/c1-8(7-13)12-9(14)10(2)3-5-11-6-4-10/h8,11,13H,3-7H2,1-2H3,(H,12,14)/t8-/m0/s1. The minimum absolute atomic E-state index is 0.0000694. The van der Waals surface area contributed by atoms with Crippen molar-refractivity contribution in [3.63, 3.8) is 0 Å². The molecule has 0 spiro atoms. The monoisotopic (exact) mass is 200 g/mol. The fourth-order valence-electron chi connectivity index (χ4n) is 1.65. The maximum atomic E-state index is 11.8. The molecular weight excluding hydrogens is 180 g/mol. The fourth-order valence-corrected chi connectivity index (χ4v) is 1.65. The Balaban J connectivity index is 2.49. The molecule has 1 amide bonds. The van der Waals surface area contributed by atoms with Gasteiger partial charge in [-0.3, -0.25) is 4.79 Å². The molecule has 0 saturated carbocycles. The number of amides is 1. The number of hydrogen-bond donors (Lipinski definition) is 3. The molecule has 4 heteroatoms. The maximum Gasteiger partial charge on any atom is 0.226 e. The molecule has 0 unspecified atom stereocenters. The van der Waals surface area contributed by atoms with Crippen LogP contribution in [0.4, 0.5) is 0 Å². The maximum absolute atomic E-state index is 11.8. The van der Waals surface area contributed by atoms with Gasteiger partial charge in [0.15, 0.2) is 0 Å². The molecule has 0 aromatic rings. The van der Waals surface area contributed by atoms with E-state index in [4.69, 9.17) is 5.11 Å². The Morgan fingerprint density at radius 3 is 2.64 bits per heavy atom. The van der Waals surface area contributed by atoms with Gasteiger partial charge in [0.1, 0.15) is 0 Å². The number of piperidine rings is 1. The summed E-state index contributed by atoms with van der Waals surface area (Å²) in [6.45, 7) is 5.60. The van der Waals surface area contributed by atoms with Gasteiger partial charge < -0.3 is 15.7 Å². The highest BCUT2D eigenvalue weighted by Crippen LogP contribution is 2.27. The summed E-state index contributed by atoms with van der Waals surface area (Å²) in [6, 6.07) is -0.144. The van der Waals surface area contributed by atoms with Gasteiger partial charge in [0, 0.05) is 11.5 Å². The summed E-state index contributed by atoms with van der Waals surface area (Å²) >= 11 is 0. The van der Waals surface area contributed by atoms with Crippen molar-refractivity contribution < 1.29 is 9.90 Å². The van der Waals surface area contributed by atoms with Crippen LogP contribution in [0.1, 0.15) is 26.7 Å². The first-order valence-electron chi connectivity index (χ1n) is 5.21. The third kappa shape index (κ3) is 2.69. The van der Waals surface area contributed by atoms with Crippen LogP contribution in [0.25, 0.3) is 0 Å².